The Morgan fingerprint density at radius 1 is 1.16 bits per heavy atom. The fraction of sp³-hybridized carbons (Fsp3) is 0.469. The molecule has 3 fully saturated rings. The number of aromatic nitrogens is 1. The van der Waals surface area contributed by atoms with Gasteiger partial charge in [-0.25, -0.2) is 0 Å². The molecular formula is C32H36F3N5O3Se. The molecule has 0 radical (unpaired) electrons. The molecule has 1 amide bonds. The number of pyridine rings is 1. The number of fused-ring (bicyclic) bond motifs is 3. The molecule has 8 nitrogen and oxygen atoms in total. The van der Waals surface area contributed by atoms with Gasteiger partial charge in [0.2, 0.25) is 0 Å². The van der Waals surface area contributed by atoms with Crippen molar-refractivity contribution in [3.63, 3.8) is 0 Å². The van der Waals surface area contributed by atoms with Crippen LogP contribution in [0.4, 0.5) is 24.5 Å². The number of hydrogen-bond acceptors (Lipinski definition) is 6. The second kappa shape index (κ2) is 11.9. The fourth-order valence-electron chi connectivity index (χ4n) is 6.76. The average Bonchev–Trinajstić information content (AvgIpc) is 3.41. The summed E-state index contributed by atoms with van der Waals surface area (Å²) in [7, 11) is 3.66. The van der Waals surface area contributed by atoms with Crippen molar-refractivity contribution in [2.45, 2.75) is 61.4 Å². The van der Waals surface area contributed by atoms with E-state index < -0.39 is 25.6 Å². The van der Waals surface area contributed by atoms with Gasteiger partial charge in [0.05, 0.1) is 18.7 Å². The molecular weight excluding hydrogens is 638 g/mol. The first-order chi connectivity index (χ1) is 20.9. The standard InChI is InChI=1S/C32H36F3N5O3Se/c1-31(42)18-39(19-31)29(41)20-8-11-25(28(17-20)43-3)36-14-4-6-21-16-27-23(7-5-15-40(27)30(21)44-32(33,34)35)37-24-12-9-22-10-13-26(24)38(22)2/h5,7-8,11,15-17,22,24,26,36-37,42H,9-10,12-14,18-19H2,1-3H3/t22-,24-,26-/m1/s1. The van der Waals surface area contributed by atoms with Crippen LogP contribution in [0.3, 0.4) is 0 Å². The van der Waals surface area contributed by atoms with Crippen molar-refractivity contribution in [3.05, 3.63) is 53.7 Å². The van der Waals surface area contributed by atoms with E-state index in [9.17, 15) is 23.1 Å². The first-order valence-corrected chi connectivity index (χ1v) is 16.4. The number of ether oxygens (including phenoxy) is 1. The van der Waals surface area contributed by atoms with Crippen LogP contribution in [-0.2, 0) is 0 Å². The summed E-state index contributed by atoms with van der Waals surface area (Å²) in [5, 5.41) is 12.4. The topological polar surface area (TPSA) is 81.5 Å². The maximum absolute atomic E-state index is 13.7. The Balaban J connectivity index is 1.20. The fourth-order valence-corrected chi connectivity index (χ4v) is 8.22. The number of aliphatic hydroxyl groups is 1. The second-order valence-corrected chi connectivity index (χ2v) is 14.3. The molecule has 2 bridgehead atoms. The van der Waals surface area contributed by atoms with Gasteiger partial charge >= 0.3 is 231 Å². The molecule has 0 spiro atoms. The Bertz CT molecular complexity index is 1620. The van der Waals surface area contributed by atoms with Crippen LogP contribution in [-0.4, -0.2) is 103 Å². The number of carbonyl (C=O) groups excluding carboxylic acids is 1. The molecule has 3 aliphatic heterocycles. The van der Waals surface area contributed by atoms with E-state index in [4.69, 9.17) is 4.74 Å². The molecule has 6 rings (SSSR count). The van der Waals surface area contributed by atoms with Crippen LogP contribution in [0, 0.1) is 11.8 Å². The SMILES string of the molecule is COc1cc(C(=O)N2CC(C)(O)C2)ccc1NCC#Cc1cc2c(N[C@@H]3CC[C@@H]4CC[C@H]3N4C)cccn2c1[Se]C(F)(F)F. The zero-order chi connectivity index (χ0) is 31.2. The number of carbonyl (C=O) groups is 1. The molecule has 3 atom stereocenters. The van der Waals surface area contributed by atoms with E-state index >= 15 is 0 Å². The summed E-state index contributed by atoms with van der Waals surface area (Å²) in [6.45, 7) is 2.38. The normalized spacial score (nSPS) is 22.7. The summed E-state index contributed by atoms with van der Waals surface area (Å²) in [6.07, 6.45) is 6.16. The molecule has 0 aliphatic carbocycles. The molecule has 3 saturated heterocycles. The third kappa shape index (κ3) is 6.24. The first kappa shape index (κ1) is 30.7. The first-order valence-electron chi connectivity index (χ1n) is 14.7. The van der Waals surface area contributed by atoms with E-state index in [0.717, 1.165) is 24.9 Å². The summed E-state index contributed by atoms with van der Waals surface area (Å²) >= 11 is -1.78. The Morgan fingerprint density at radius 3 is 2.66 bits per heavy atom. The summed E-state index contributed by atoms with van der Waals surface area (Å²) in [6, 6.07) is 11.8. The monoisotopic (exact) mass is 675 g/mol. The van der Waals surface area contributed by atoms with Crippen LogP contribution in [0.5, 0.6) is 5.75 Å². The molecule has 12 heteroatoms. The van der Waals surface area contributed by atoms with Gasteiger partial charge in [-0.1, -0.05) is 0 Å². The Hall–Kier alpha value is -3.36. The molecule has 0 saturated carbocycles. The van der Waals surface area contributed by atoms with Crippen molar-refractivity contribution in [2.24, 2.45) is 0 Å². The summed E-state index contributed by atoms with van der Waals surface area (Å²) in [5.41, 5.74) is 2.05. The van der Waals surface area contributed by atoms with Gasteiger partial charge in [0.25, 0.3) is 0 Å². The molecule has 2 aromatic heterocycles. The molecule has 3 aliphatic rings. The number of halogens is 3. The number of rotatable bonds is 7. The van der Waals surface area contributed by atoms with Crippen molar-refractivity contribution >= 4 is 42.3 Å². The number of nitrogens with zero attached hydrogens (tertiary/aromatic N) is 3. The number of anilines is 2. The maximum atomic E-state index is 13.7. The molecule has 0 unspecified atom stereocenters. The summed E-state index contributed by atoms with van der Waals surface area (Å²) in [5.74, 6) is 6.21. The third-order valence-electron chi connectivity index (χ3n) is 8.88. The Kier molecular flexibility index (Phi) is 8.26. The van der Waals surface area contributed by atoms with Crippen molar-refractivity contribution < 1.29 is 27.8 Å². The number of nitrogens with one attached hydrogen (secondary N) is 2. The van der Waals surface area contributed by atoms with Gasteiger partial charge in [-0.05, 0) is 6.92 Å². The number of methoxy groups -OCH3 is 1. The average molecular weight is 675 g/mol. The van der Waals surface area contributed by atoms with Gasteiger partial charge in [-0.2, -0.15) is 0 Å². The number of benzene rings is 1. The quantitative estimate of drug-likeness (QED) is 0.263. The number of alkyl halides is 3. The van der Waals surface area contributed by atoms with Gasteiger partial charge in [0, 0.05) is 0 Å². The van der Waals surface area contributed by atoms with Gasteiger partial charge in [-0.15, -0.1) is 0 Å². The van der Waals surface area contributed by atoms with E-state index in [0.29, 0.717) is 40.2 Å². The molecule has 3 N–H and O–H groups in total. The van der Waals surface area contributed by atoms with Crippen molar-refractivity contribution in [1.82, 2.24) is 14.2 Å². The second-order valence-electron chi connectivity index (χ2n) is 12.1. The molecule has 44 heavy (non-hydrogen) atoms. The Labute approximate surface area is 261 Å². The van der Waals surface area contributed by atoms with Crippen LogP contribution in [0.1, 0.15) is 48.5 Å². The molecule has 5 heterocycles. The third-order valence-corrected chi connectivity index (χ3v) is 10.6. The van der Waals surface area contributed by atoms with Crippen LogP contribution in [0.2, 0.25) is 0 Å². The van der Waals surface area contributed by atoms with Gasteiger partial charge in [0.15, 0.2) is 0 Å². The number of hydrogen-bond donors (Lipinski definition) is 3. The molecule has 3 aromatic rings. The Morgan fingerprint density at radius 2 is 1.93 bits per heavy atom. The summed E-state index contributed by atoms with van der Waals surface area (Å²) in [4.78, 5) is 16.7. The van der Waals surface area contributed by atoms with Crippen molar-refractivity contribution in [3.8, 4) is 17.6 Å². The van der Waals surface area contributed by atoms with Gasteiger partial charge in [-0.3, -0.25) is 0 Å². The predicted molar refractivity (Wildman–Crippen MR) is 165 cm³/mol. The summed E-state index contributed by atoms with van der Waals surface area (Å²) < 4.78 is 48.4. The minimum atomic E-state index is -4.33. The zero-order valence-corrected chi connectivity index (χ0v) is 26.6. The van der Waals surface area contributed by atoms with Crippen LogP contribution in [0.15, 0.2) is 42.6 Å². The number of piperidine rings is 1. The van der Waals surface area contributed by atoms with Gasteiger partial charge in [0.1, 0.15) is 0 Å². The van der Waals surface area contributed by atoms with E-state index in [1.807, 2.05) is 6.07 Å². The van der Waals surface area contributed by atoms with Gasteiger partial charge < -0.3 is 5.11 Å². The molecule has 234 valence electrons. The van der Waals surface area contributed by atoms with Crippen molar-refractivity contribution in [2.75, 3.05) is 44.4 Å². The van der Waals surface area contributed by atoms with E-state index in [2.05, 4.69) is 34.4 Å². The number of likely N-dealkylation sites (tertiary alicyclic amines) is 1. The number of likely N-dealkylation sites (N-methyl/N-ethyl adjacent to an activating group) is 1. The van der Waals surface area contributed by atoms with Crippen LogP contribution < -0.4 is 20.0 Å². The van der Waals surface area contributed by atoms with E-state index in [1.165, 1.54) is 13.5 Å². The number of amides is 1. The molecule has 1 aromatic carbocycles. The van der Waals surface area contributed by atoms with Crippen molar-refractivity contribution in [1.29, 1.82) is 0 Å². The predicted octanol–water partition coefficient (Wildman–Crippen LogP) is 3.50. The number of β-amino-alcohol motifs (C(OH)–C–C–N with tert-alkyl or cyclic N) is 1. The van der Waals surface area contributed by atoms with E-state index in [-0.39, 0.29) is 36.2 Å². The van der Waals surface area contributed by atoms with Crippen LogP contribution in [0.25, 0.3) is 5.52 Å². The minimum absolute atomic E-state index is 0.158. The zero-order valence-electron chi connectivity index (χ0n) is 24.9. The van der Waals surface area contributed by atoms with E-state index in [1.54, 1.807) is 52.8 Å². The van der Waals surface area contributed by atoms with Crippen LogP contribution >= 0.6 is 0 Å².